The van der Waals surface area contributed by atoms with Gasteiger partial charge in [0.05, 0.1) is 0 Å². The van der Waals surface area contributed by atoms with Gasteiger partial charge < -0.3 is 10.8 Å². The Hall–Kier alpha value is -0.990. The molecule has 0 saturated heterocycles. The lowest BCUT2D eigenvalue weighted by molar-refractivity contribution is 0.470. The average Bonchev–Trinajstić information content (AvgIpc) is 2.09. The van der Waals surface area contributed by atoms with Crippen LogP contribution in [0.15, 0.2) is 18.2 Å². The normalized spacial score (nSPS) is 11.0. The molecule has 0 aliphatic rings. The van der Waals surface area contributed by atoms with Crippen molar-refractivity contribution in [3.05, 3.63) is 34.4 Å². The minimum absolute atomic E-state index is 0.258. The van der Waals surface area contributed by atoms with Crippen LogP contribution in [0.1, 0.15) is 11.1 Å². The average molecular weight is 198 g/mol. The summed E-state index contributed by atoms with van der Waals surface area (Å²) in [4.78, 5) is 0. The van der Waals surface area contributed by atoms with Crippen LogP contribution in [-0.4, -0.2) is 11.7 Å². The SMILES string of the molecule is Cc1cc(Cl)cc(C=CCN)c1O. The molecule has 0 radical (unpaired) electrons. The van der Waals surface area contributed by atoms with Crippen molar-refractivity contribution < 1.29 is 5.11 Å². The molecule has 0 aliphatic carbocycles. The van der Waals surface area contributed by atoms with E-state index in [1.54, 1.807) is 31.2 Å². The maximum absolute atomic E-state index is 9.60. The van der Waals surface area contributed by atoms with Gasteiger partial charge in [-0.05, 0) is 24.6 Å². The number of halogens is 1. The standard InChI is InChI=1S/C10H12ClNO/c1-7-5-9(11)6-8(10(7)13)3-2-4-12/h2-3,5-6,13H,4,12H2,1H3. The molecule has 13 heavy (non-hydrogen) atoms. The monoisotopic (exact) mass is 197 g/mol. The van der Waals surface area contributed by atoms with E-state index < -0.39 is 0 Å². The Balaban J connectivity index is 3.12. The first kappa shape index (κ1) is 10.1. The summed E-state index contributed by atoms with van der Waals surface area (Å²) >= 11 is 5.82. The molecule has 2 nitrogen and oxygen atoms in total. The van der Waals surface area contributed by atoms with Crippen molar-refractivity contribution >= 4 is 17.7 Å². The Morgan fingerprint density at radius 3 is 2.85 bits per heavy atom. The van der Waals surface area contributed by atoms with Crippen molar-refractivity contribution in [1.82, 2.24) is 0 Å². The highest BCUT2D eigenvalue weighted by Gasteiger charge is 2.02. The molecule has 0 saturated carbocycles. The van der Waals surface area contributed by atoms with Crippen molar-refractivity contribution in [1.29, 1.82) is 0 Å². The third-order valence-corrected chi connectivity index (χ3v) is 1.95. The highest BCUT2D eigenvalue weighted by molar-refractivity contribution is 6.30. The summed E-state index contributed by atoms with van der Waals surface area (Å²) in [5.41, 5.74) is 6.77. The lowest BCUT2D eigenvalue weighted by atomic mass is 10.1. The van der Waals surface area contributed by atoms with Crippen LogP contribution in [0.3, 0.4) is 0 Å². The minimum Gasteiger partial charge on any atom is -0.507 e. The van der Waals surface area contributed by atoms with Crippen LogP contribution in [0.4, 0.5) is 0 Å². The van der Waals surface area contributed by atoms with E-state index in [4.69, 9.17) is 17.3 Å². The summed E-state index contributed by atoms with van der Waals surface area (Å²) in [5.74, 6) is 0.258. The Bertz CT molecular complexity index is 334. The zero-order valence-corrected chi connectivity index (χ0v) is 8.17. The summed E-state index contributed by atoms with van der Waals surface area (Å²) in [5, 5.41) is 10.2. The van der Waals surface area contributed by atoms with Crippen LogP contribution in [0.5, 0.6) is 5.75 Å². The largest absolute Gasteiger partial charge is 0.507 e. The highest BCUT2D eigenvalue weighted by Crippen LogP contribution is 2.27. The molecule has 70 valence electrons. The molecule has 0 spiro atoms. The fourth-order valence-electron chi connectivity index (χ4n) is 1.08. The van der Waals surface area contributed by atoms with E-state index in [-0.39, 0.29) is 5.75 Å². The molecule has 0 aromatic heterocycles. The van der Waals surface area contributed by atoms with Gasteiger partial charge in [-0.3, -0.25) is 0 Å². The molecule has 3 heteroatoms. The highest BCUT2D eigenvalue weighted by atomic mass is 35.5. The number of aromatic hydroxyl groups is 1. The summed E-state index contributed by atoms with van der Waals surface area (Å²) in [6.07, 6.45) is 3.53. The number of hydrogen-bond donors (Lipinski definition) is 2. The van der Waals surface area contributed by atoms with E-state index in [1.165, 1.54) is 0 Å². The number of phenols is 1. The lowest BCUT2D eigenvalue weighted by Gasteiger charge is -2.03. The number of aryl methyl sites for hydroxylation is 1. The number of phenolic OH excluding ortho intramolecular Hbond substituents is 1. The number of rotatable bonds is 2. The Kier molecular flexibility index (Phi) is 3.34. The molecule has 1 aromatic rings. The molecule has 0 unspecified atom stereocenters. The molecule has 0 atom stereocenters. The van der Waals surface area contributed by atoms with Gasteiger partial charge in [-0.15, -0.1) is 0 Å². The van der Waals surface area contributed by atoms with Gasteiger partial charge >= 0.3 is 0 Å². The van der Waals surface area contributed by atoms with E-state index in [0.717, 1.165) is 5.56 Å². The number of hydrogen-bond acceptors (Lipinski definition) is 2. The number of nitrogens with two attached hydrogens (primary N) is 1. The molecule has 1 aromatic carbocycles. The van der Waals surface area contributed by atoms with Gasteiger partial charge in [-0.1, -0.05) is 23.8 Å². The third kappa shape index (κ3) is 2.47. The maximum Gasteiger partial charge on any atom is 0.125 e. The zero-order valence-electron chi connectivity index (χ0n) is 7.42. The van der Waals surface area contributed by atoms with Crippen LogP contribution >= 0.6 is 11.6 Å². The first-order chi connectivity index (χ1) is 6.15. The van der Waals surface area contributed by atoms with Crippen LogP contribution < -0.4 is 5.73 Å². The van der Waals surface area contributed by atoms with Gasteiger partial charge in [0.1, 0.15) is 5.75 Å². The topological polar surface area (TPSA) is 46.2 Å². The van der Waals surface area contributed by atoms with Gasteiger partial charge in [0.2, 0.25) is 0 Å². The zero-order chi connectivity index (χ0) is 9.84. The van der Waals surface area contributed by atoms with Crippen LogP contribution in [0.2, 0.25) is 5.02 Å². The summed E-state index contributed by atoms with van der Waals surface area (Å²) in [7, 11) is 0. The molecule has 3 N–H and O–H groups in total. The first-order valence-electron chi connectivity index (χ1n) is 4.01. The Morgan fingerprint density at radius 1 is 1.54 bits per heavy atom. The Labute approximate surface area is 82.6 Å². The van der Waals surface area contributed by atoms with E-state index in [0.29, 0.717) is 17.1 Å². The second kappa shape index (κ2) is 4.30. The van der Waals surface area contributed by atoms with Gasteiger partial charge in [-0.2, -0.15) is 0 Å². The van der Waals surface area contributed by atoms with E-state index in [1.807, 2.05) is 0 Å². The van der Waals surface area contributed by atoms with Crippen molar-refractivity contribution in [2.24, 2.45) is 5.73 Å². The molecule has 0 heterocycles. The third-order valence-electron chi connectivity index (χ3n) is 1.73. The Morgan fingerprint density at radius 2 is 2.23 bits per heavy atom. The molecule has 0 aliphatic heterocycles. The summed E-state index contributed by atoms with van der Waals surface area (Å²) < 4.78 is 0. The second-order valence-corrected chi connectivity index (χ2v) is 3.24. The maximum atomic E-state index is 9.60. The van der Waals surface area contributed by atoms with Crippen LogP contribution in [-0.2, 0) is 0 Å². The van der Waals surface area contributed by atoms with E-state index in [9.17, 15) is 5.11 Å². The minimum atomic E-state index is 0.258. The van der Waals surface area contributed by atoms with E-state index >= 15 is 0 Å². The van der Waals surface area contributed by atoms with Gasteiger partial charge in [0, 0.05) is 17.1 Å². The van der Waals surface area contributed by atoms with Gasteiger partial charge in [0.25, 0.3) is 0 Å². The van der Waals surface area contributed by atoms with Crippen molar-refractivity contribution in [3.8, 4) is 5.75 Å². The fourth-order valence-corrected chi connectivity index (χ4v) is 1.36. The fraction of sp³-hybridized carbons (Fsp3) is 0.200. The van der Waals surface area contributed by atoms with Gasteiger partial charge in [0.15, 0.2) is 0 Å². The van der Waals surface area contributed by atoms with E-state index in [2.05, 4.69) is 0 Å². The lowest BCUT2D eigenvalue weighted by Crippen LogP contribution is -1.92. The molecular formula is C10H12ClNO. The van der Waals surface area contributed by atoms with Crippen molar-refractivity contribution in [2.45, 2.75) is 6.92 Å². The predicted molar refractivity (Wildman–Crippen MR) is 55.9 cm³/mol. The smallest absolute Gasteiger partial charge is 0.125 e. The molecular weight excluding hydrogens is 186 g/mol. The first-order valence-corrected chi connectivity index (χ1v) is 4.38. The predicted octanol–water partition coefficient (Wildman–Crippen LogP) is 2.33. The summed E-state index contributed by atoms with van der Waals surface area (Å²) in [6.45, 7) is 2.26. The van der Waals surface area contributed by atoms with Crippen LogP contribution in [0, 0.1) is 6.92 Å². The number of benzene rings is 1. The molecule has 0 bridgehead atoms. The quantitative estimate of drug-likeness (QED) is 0.765. The molecule has 0 amide bonds. The summed E-state index contributed by atoms with van der Waals surface area (Å²) in [6, 6.07) is 3.42. The second-order valence-electron chi connectivity index (χ2n) is 2.80. The van der Waals surface area contributed by atoms with Crippen LogP contribution in [0.25, 0.3) is 6.08 Å². The van der Waals surface area contributed by atoms with Crippen molar-refractivity contribution in [3.63, 3.8) is 0 Å². The van der Waals surface area contributed by atoms with Crippen molar-refractivity contribution in [2.75, 3.05) is 6.54 Å². The molecule has 0 fully saturated rings. The molecule has 1 rings (SSSR count). The van der Waals surface area contributed by atoms with Gasteiger partial charge in [-0.25, -0.2) is 0 Å².